The molecule has 134 valence electrons. The number of rotatable bonds is 7. The van der Waals surface area contributed by atoms with Gasteiger partial charge in [0.25, 0.3) is 5.91 Å². The lowest BCUT2D eigenvalue weighted by atomic mass is 10.1. The third-order valence-electron chi connectivity index (χ3n) is 3.77. The monoisotopic (exact) mass is 351 g/mol. The number of amides is 1. The summed E-state index contributed by atoms with van der Waals surface area (Å²) in [6.45, 7) is 4.71. The van der Waals surface area contributed by atoms with Crippen molar-refractivity contribution in [3.63, 3.8) is 0 Å². The van der Waals surface area contributed by atoms with Crippen LogP contribution >= 0.6 is 0 Å². The highest BCUT2D eigenvalue weighted by Gasteiger charge is 2.13. The van der Waals surface area contributed by atoms with Crippen molar-refractivity contribution in [3.8, 4) is 17.2 Å². The number of hydrogen-bond acceptors (Lipinski definition) is 5. The third-order valence-corrected chi connectivity index (χ3v) is 3.77. The van der Waals surface area contributed by atoms with E-state index < -0.39 is 0 Å². The van der Waals surface area contributed by atoms with Gasteiger partial charge in [0.2, 0.25) is 5.89 Å². The summed E-state index contributed by atoms with van der Waals surface area (Å²) < 4.78 is 11.2. The van der Waals surface area contributed by atoms with Gasteiger partial charge in [0, 0.05) is 11.1 Å². The number of hydrogen-bond donors (Lipinski definition) is 1. The van der Waals surface area contributed by atoms with Crippen LogP contribution in [0.2, 0.25) is 0 Å². The van der Waals surface area contributed by atoms with Crippen molar-refractivity contribution in [1.29, 1.82) is 0 Å². The second-order valence-electron chi connectivity index (χ2n) is 5.97. The van der Waals surface area contributed by atoms with Gasteiger partial charge in [-0.25, -0.2) is 0 Å². The molecule has 0 aliphatic carbocycles. The Morgan fingerprint density at radius 2 is 2.00 bits per heavy atom. The van der Waals surface area contributed by atoms with Gasteiger partial charge in [-0.05, 0) is 43.7 Å². The van der Waals surface area contributed by atoms with Crippen molar-refractivity contribution in [2.75, 3.05) is 11.9 Å². The molecule has 0 atom stereocenters. The van der Waals surface area contributed by atoms with Crippen LogP contribution < -0.4 is 10.1 Å². The molecule has 0 radical (unpaired) electrons. The maximum Gasteiger partial charge on any atom is 0.322 e. The molecule has 2 aromatic carbocycles. The van der Waals surface area contributed by atoms with E-state index in [-0.39, 0.29) is 11.9 Å². The predicted octanol–water partition coefficient (Wildman–Crippen LogP) is 4.48. The third kappa shape index (κ3) is 4.47. The standard InChI is InChI=1S/C20H21N3O3/c1-3-4-11-25-17-10-6-8-15(13-17)18(24)21-20-23-22-19(26-20)16-9-5-7-14(2)12-16/h5-10,12-13H,3-4,11H2,1-2H3,(H,21,23,24). The number of anilines is 1. The lowest BCUT2D eigenvalue weighted by Crippen LogP contribution is -2.12. The Labute approximate surface area is 152 Å². The number of nitrogens with one attached hydrogen (secondary N) is 1. The summed E-state index contributed by atoms with van der Waals surface area (Å²) in [4.78, 5) is 12.4. The van der Waals surface area contributed by atoms with Crippen LogP contribution in [0, 0.1) is 6.92 Å². The molecule has 0 saturated heterocycles. The van der Waals surface area contributed by atoms with Gasteiger partial charge in [-0.2, -0.15) is 0 Å². The van der Waals surface area contributed by atoms with Gasteiger partial charge in [0.05, 0.1) is 6.61 Å². The number of aryl methyl sites for hydroxylation is 1. The molecule has 0 unspecified atom stereocenters. The summed E-state index contributed by atoms with van der Waals surface area (Å²) in [6.07, 6.45) is 2.03. The first-order valence-corrected chi connectivity index (χ1v) is 8.60. The van der Waals surface area contributed by atoms with E-state index in [0.717, 1.165) is 24.0 Å². The molecule has 1 amide bonds. The van der Waals surface area contributed by atoms with Crippen molar-refractivity contribution in [2.45, 2.75) is 26.7 Å². The van der Waals surface area contributed by atoms with E-state index in [9.17, 15) is 4.79 Å². The highest BCUT2D eigenvalue weighted by molar-refractivity contribution is 6.03. The van der Waals surface area contributed by atoms with Gasteiger partial charge in [0.1, 0.15) is 5.75 Å². The number of nitrogens with zero attached hydrogens (tertiary/aromatic N) is 2. The van der Waals surface area contributed by atoms with Crippen LogP contribution in [0.5, 0.6) is 5.75 Å². The molecule has 6 nitrogen and oxygen atoms in total. The summed E-state index contributed by atoms with van der Waals surface area (Å²) in [7, 11) is 0. The fraction of sp³-hybridized carbons (Fsp3) is 0.250. The molecule has 1 aromatic heterocycles. The molecule has 0 bridgehead atoms. The quantitative estimate of drug-likeness (QED) is 0.635. The van der Waals surface area contributed by atoms with Gasteiger partial charge in [-0.1, -0.05) is 42.2 Å². The minimum atomic E-state index is -0.328. The number of carbonyl (C=O) groups excluding carboxylic acids is 1. The first-order valence-electron chi connectivity index (χ1n) is 8.60. The Bertz CT molecular complexity index is 889. The maximum atomic E-state index is 12.4. The summed E-state index contributed by atoms with van der Waals surface area (Å²) in [5, 5.41) is 10.5. The topological polar surface area (TPSA) is 77.2 Å². The number of ether oxygens (including phenoxy) is 1. The zero-order valence-corrected chi connectivity index (χ0v) is 14.9. The van der Waals surface area contributed by atoms with E-state index in [1.165, 1.54) is 0 Å². The molecule has 0 aliphatic rings. The highest BCUT2D eigenvalue weighted by atomic mass is 16.5. The summed E-state index contributed by atoms with van der Waals surface area (Å²) in [6, 6.07) is 14.8. The Balaban J connectivity index is 1.68. The largest absolute Gasteiger partial charge is 0.494 e. The van der Waals surface area contributed by atoms with Crippen LogP contribution in [-0.2, 0) is 0 Å². The predicted molar refractivity (Wildman–Crippen MR) is 99.3 cm³/mol. The Morgan fingerprint density at radius 1 is 1.15 bits per heavy atom. The minimum Gasteiger partial charge on any atom is -0.494 e. The summed E-state index contributed by atoms with van der Waals surface area (Å²) in [5.74, 6) is 0.697. The van der Waals surface area contributed by atoms with Crippen LogP contribution in [0.3, 0.4) is 0 Å². The molecule has 6 heteroatoms. The molecule has 26 heavy (non-hydrogen) atoms. The van der Waals surface area contributed by atoms with Gasteiger partial charge < -0.3 is 9.15 Å². The second-order valence-corrected chi connectivity index (χ2v) is 5.97. The molecule has 0 spiro atoms. The smallest absolute Gasteiger partial charge is 0.322 e. The van der Waals surface area contributed by atoms with Crippen LogP contribution in [0.15, 0.2) is 52.9 Å². The summed E-state index contributed by atoms with van der Waals surface area (Å²) in [5.41, 5.74) is 2.37. The molecule has 1 N–H and O–H groups in total. The van der Waals surface area contributed by atoms with Crippen molar-refractivity contribution < 1.29 is 13.9 Å². The number of unbranched alkanes of at least 4 members (excludes halogenated alkanes) is 1. The minimum absolute atomic E-state index is 0.0591. The van der Waals surface area contributed by atoms with E-state index in [2.05, 4.69) is 22.4 Å². The highest BCUT2D eigenvalue weighted by Crippen LogP contribution is 2.21. The number of benzene rings is 2. The zero-order valence-electron chi connectivity index (χ0n) is 14.9. The fourth-order valence-electron chi connectivity index (χ4n) is 2.40. The Kier molecular flexibility index (Phi) is 5.63. The molecular formula is C20H21N3O3. The molecule has 0 fully saturated rings. The van der Waals surface area contributed by atoms with Crippen molar-refractivity contribution in [2.24, 2.45) is 0 Å². The molecule has 3 aromatic rings. The average Bonchev–Trinajstić information content (AvgIpc) is 3.11. The molecule has 1 heterocycles. The SMILES string of the molecule is CCCCOc1cccc(C(=O)Nc2nnc(-c3cccc(C)c3)o2)c1. The maximum absolute atomic E-state index is 12.4. The molecule has 0 saturated carbocycles. The van der Waals surface area contributed by atoms with E-state index in [1.54, 1.807) is 18.2 Å². The lowest BCUT2D eigenvalue weighted by molar-refractivity contribution is 0.102. The van der Waals surface area contributed by atoms with Gasteiger partial charge in [0.15, 0.2) is 0 Å². The van der Waals surface area contributed by atoms with Crippen LogP contribution in [-0.4, -0.2) is 22.7 Å². The Morgan fingerprint density at radius 3 is 2.81 bits per heavy atom. The van der Waals surface area contributed by atoms with Gasteiger partial charge in [-0.15, -0.1) is 5.10 Å². The van der Waals surface area contributed by atoms with E-state index in [4.69, 9.17) is 9.15 Å². The van der Waals surface area contributed by atoms with Crippen LogP contribution in [0.25, 0.3) is 11.5 Å². The number of carbonyl (C=O) groups is 1. The van der Waals surface area contributed by atoms with Gasteiger partial charge in [-0.3, -0.25) is 10.1 Å². The van der Waals surface area contributed by atoms with E-state index in [1.807, 2.05) is 37.3 Å². The molecule has 3 rings (SSSR count). The van der Waals surface area contributed by atoms with Crippen molar-refractivity contribution in [3.05, 3.63) is 59.7 Å². The average molecular weight is 351 g/mol. The first-order chi connectivity index (χ1) is 12.7. The van der Waals surface area contributed by atoms with Crippen molar-refractivity contribution >= 4 is 11.9 Å². The normalized spacial score (nSPS) is 10.5. The first kappa shape index (κ1) is 17.7. The zero-order chi connectivity index (χ0) is 18.4. The van der Waals surface area contributed by atoms with Crippen LogP contribution in [0.4, 0.5) is 6.01 Å². The van der Waals surface area contributed by atoms with Gasteiger partial charge >= 0.3 is 6.01 Å². The summed E-state index contributed by atoms with van der Waals surface area (Å²) >= 11 is 0. The van der Waals surface area contributed by atoms with E-state index in [0.29, 0.717) is 23.8 Å². The van der Waals surface area contributed by atoms with E-state index >= 15 is 0 Å². The fourth-order valence-corrected chi connectivity index (χ4v) is 2.40. The Hall–Kier alpha value is -3.15. The van der Waals surface area contributed by atoms with Crippen molar-refractivity contribution in [1.82, 2.24) is 10.2 Å². The molecular weight excluding hydrogens is 330 g/mol. The lowest BCUT2D eigenvalue weighted by Gasteiger charge is -2.07. The van der Waals surface area contributed by atoms with Crippen LogP contribution in [0.1, 0.15) is 35.7 Å². The molecule has 0 aliphatic heterocycles. The second kappa shape index (κ2) is 8.29. The number of aromatic nitrogens is 2.